The molecule has 3 nitrogen and oxygen atoms in total. The van der Waals surface area contributed by atoms with Crippen LogP contribution in [0.4, 0.5) is 0 Å². The molecule has 0 amide bonds. The Morgan fingerprint density at radius 2 is 2.50 bits per heavy atom. The summed E-state index contributed by atoms with van der Waals surface area (Å²) in [6.07, 6.45) is 1.59. The highest BCUT2D eigenvalue weighted by atomic mass is 32.1. The van der Waals surface area contributed by atoms with E-state index in [0.717, 1.165) is 11.6 Å². The molecule has 1 heterocycles. The van der Waals surface area contributed by atoms with Crippen molar-refractivity contribution in [1.29, 1.82) is 0 Å². The number of hydrogen-bond donors (Lipinski definition) is 2. The van der Waals surface area contributed by atoms with Crippen LogP contribution in [0.1, 0.15) is 16.8 Å². The second-order valence-electron chi connectivity index (χ2n) is 2.83. The lowest BCUT2D eigenvalue weighted by atomic mass is 10.4. The number of thiazole rings is 1. The van der Waals surface area contributed by atoms with Gasteiger partial charge in [0.25, 0.3) is 0 Å². The third-order valence-electron chi connectivity index (χ3n) is 1.41. The first-order chi connectivity index (χ1) is 5.68. The maximum Gasteiger partial charge on any atom is 0.0897 e. The summed E-state index contributed by atoms with van der Waals surface area (Å²) in [5.74, 6) is 0. The van der Waals surface area contributed by atoms with E-state index in [4.69, 9.17) is 5.11 Å². The molecular weight excluding hydrogens is 172 g/mol. The fourth-order valence-electron chi connectivity index (χ4n) is 0.891. The van der Waals surface area contributed by atoms with Gasteiger partial charge in [0.2, 0.25) is 0 Å². The van der Waals surface area contributed by atoms with Gasteiger partial charge in [-0.15, -0.1) is 11.3 Å². The van der Waals surface area contributed by atoms with E-state index in [-0.39, 0.29) is 6.10 Å². The summed E-state index contributed by atoms with van der Waals surface area (Å²) >= 11 is 1.68. The second-order valence-corrected chi connectivity index (χ2v) is 4.14. The maximum atomic E-state index is 8.96. The Morgan fingerprint density at radius 1 is 1.75 bits per heavy atom. The predicted molar refractivity (Wildman–Crippen MR) is 50.2 cm³/mol. The number of hydrogen-bond acceptors (Lipinski definition) is 4. The molecule has 1 aromatic rings. The Bertz CT molecular complexity index is 235. The SMILES string of the molecule is Cc1ncc(CNCC(C)O)s1. The van der Waals surface area contributed by atoms with Gasteiger partial charge in [-0.1, -0.05) is 0 Å². The average molecular weight is 186 g/mol. The molecule has 1 rings (SSSR count). The molecule has 0 aromatic carbocycles. The summed E-state index contributed by atoms with van der Waals surface area (Å²) in [6.45, 7) is 5.20. The van der Waals surface area contributed by atoms with Gasteiger partial charge in [0, 0.05) is 24.2 Å². The van der Waals surface area contributed by atoms with Crippen LogP contribution in [0.25, 0.3) is 0 Å². The third-order valence-corrected chi connectivity index (χ3v) is 2.32. The Balaban J connectivity index is 2.24. The van der Waals surface area contributed by atoms with Crippen molar-refractivity contribution in [2.75, 3.05) is 6.54 Å². The molecule has 0 aliphatic rings. The predicted octanol–water partition coefficient (Wildman–Crippen LogP) is 0.922. The van der Waals surface area contributed by atoms with Crippen molar-refractivity contribution in [3.63, 3.8) is 0 Å². The molecule has 1 unspecified atom stereocenters. The monoisotopic (exact) mass is 186 g/mol. The second kappa shape index (κ2) is 4.54. The molecule has 12 heavy (non-hydrogen) atoms. The van der Waals surface area contributed by atoms with E-state index in [1.54, 1.807) is 18.3 Å². The van der Waals surface area contributed by atoms with Gasteiger partial charge in [0.1, 0.15) is 0 Å². The van der Waals surface area contributed by atoms with E-state index in [1.165, 1.54) is 4.88 Å². The molecule has 0 saturated carbocycles. The van der Waals surface area contributed by atoms with Crippen molar-refractivity contribution < 1.29 is 5.11 Å². The van der Waals surface area contributed by atoms with Gasteiger partial charge in [-0.25, -0.2) is 4.98 Å². The zero-order valence-corrected chi connectivity index (χ0v) is 8.19. The van der Waals surface area contributed by atoms with E-state index >= 15 is 0 Å². The Morgan fingerprint density at radius 3 is 3.00 bits per heavy atom. The Kier molecular flexibility index (Phi) is 3.65. The van der Waals surface area contributed by atoms with Gasteiger partial charge in [0.05, 0.1) is 11.1 Å². The number of nitrogens with one attached hydrogen (secondary N) is 1. The van der Waals surface area contributed by atoms with Crippen molar-refractivity contribution >= 4 is 11.3 Å². The van der Waals surface area contributed by atoms with Gasteiger partial charge in [-0.2, -0.15) is 0 Å². The van der Waals surface area contributed by atoms with Gasteiger partial charge >= 0.3 is 0 Å². The lowest BCUT2D eigenvalue weighted by molar-refractivity contribution is 0.191. The lowest BCUT2D eigenvalue weighted by Gasteiger charge is -2.03. The van der Waals surface area contributed by atoms with Crippen LogP contribution >= 0.6 is 11.3 Å². The van der Waals surface area contributed by atoms with Crippen LogP contribution in [0.3, 0.4) is 0 Å². The molecule has 4 heteroatoms. The highest BCUT2D eigenvalue weighted by Crippen LogP contribution is 2.10. The average Bonchev–Trinajstić information content (AvgIpc) is 2.35. The summed E-state index contributed by atoms with van der Waals surface area (Å²) in [5.41, 5.74) is 0. The van der Waals surface area contributed by atoms with Gasteiger partial charge in [0.15, 0.2) is 0 Å². The lowest BCUT2D eigenvalue weighted by Crippen LogP contribution is -2.23. The smallest absolute Gasteiger partial charge is 0.0897 e. The standard InChI is InChI=1S/C8H14N2OS/c1-6(11)3-9-4-8-5-10-7(2)12-8/h5-6,9,11H,3-4H2,1-2H3. The molecule has 1 atom stereocenters. The molecule has 0 radical (unpaired) electrons. The Hall–Kier alpha value is -0.450. The fourth-order valence-corrected chi connectivity index (χ4v) is 1.66. The van der Waals surface area contributed by atoms with Gasteiger partial charge < -0.3 is 10.4 Å². The van der Waals surface area contributed by atoms with E-state index < -0.39 is 0 Å². The summed E-state index contributed by atoms with van der Waals surface area (Å²) in [7, 11) is 0. The first kappa shape index (κ1) is 9.64. The van der Waals surface area contributed by atoms with Crippen molar-refractivity contribution in [1.82, 2.24) is 10.3 Å². The minimum Gasteiger partial charge on any atom is -0.392 e. The third kappa shape index (κ3) is 3.30. The van der Waals surface area contributed by atoms with Crippen LogP contribution in [-0.4, -0.2) is 22.7 Å². The normalized spacial score (nSPS) is 13.2. The van der Waals surface area contributed by atoms with E-state index in [9.17, 15) is 0 Å². The summed E-state index contributed by atoms with van der Waals surface area (Å²) in [4.78, 5) is 5.35. The minimum atomic E-state index is -0.279. The Labute approximate surface area is 76.5 Å². The largest absolute Gasteiger partial charge is 0.392 e. The molecule has 0 bridgehead atoms. The maximum absolute atomic E-state index is 8.96. The quantitative estimate of drug-likeness (QED) is 0.735. The highest BCUT2D eigenvalue weighted by molar-refractivity contribution is 7.11. The number of aryl methyl sites for hydroxylation is 1. The van der Waals surface area contributed by atoms with Crippen molar-refractivity contribution in [3.8, 4) is 0 Å². The number of aliphatic hydroxyl groups excluding tert-OH is 1. The molecule has 0 saturated heterocycles. The molecule has 0 aliphatic carbocycles. The van der Waals surface area contributed by atoms with Gasteiger partial charge in [-0.05, 0) is 13.8 Å². The molecule has 0 fully saturated rings. The highest BCUT2D eigenvalue weighted by Gasteiger charge is 1.98. The summed E-state index contributed by atoms with van der Waals surface area (Å²) < 4.78 is 0. The molecule has 0 spiro atoms. The topological polar surface area (TPSA) is 45.2 Å². The number of aliphatic hydroxyl groups is 1. The summed E-state index contributed by atoms with van der Waals surface area (Å²) in [6, 6.07) is 0. The molecule has 2 N–H and O–H groups in total. The molecule has 0 aliphatic heterocycles. The van der Waals surface area contributed by atoms with Crippen LogP contribution in [0.2, 0.25) is 0 Å². The summed E-state index contributed by atoms with van der Waals surface area (Å²) in [5, 5.41) is 13.2. The van der Waals surface area contributed by atoms with Crippen molar-refractivity contribution in [3.05, 3.63) is 16.1 Å². The van der Waals surface area contributed by atoms with Gasteiger partial charge in [-0.3, -0.25) is 0 Å². The zero-order valence-electron chi connectivity index (χ0n) is 7.37. The van der Waals surface area contributed by atoms with E-state index in [0.29, 0.717) is 6.54 Å². The van der Waals surface area contributed by atoms with Crippen LogP contribution in [0.5, 0.6) is 0 Å². The first-order valence-electron chi connectivity index (χ1n) is 3.98. The molecule has 68 valence electrons. The zero-order chi connectivity index (χ0) is 8.97. The van der Waals surface area contributed by atoms with Crippen molar-refractivity contribution in [2.24, 2.45) is 0 Å². The van der Waals surface area contributed by atoms with Crippen LogP contribution in [-0.2, 0) is 6.54 Å². The molecular formula is C8H14N2OS. The van der Waals surface area contributed by atoms with Crippen LogP contribution in [0.15, 0.2) is 6.20 Å². The number of aromatic nitrogens is 1. The fraction of sp³-hybridized carbons (Fsp3) is 0.625. The van der Waals surface area contributed by atoms with Crippen LogP contribution < -0.4 is 5.32 Å². The van der Waals surface area contributed by atoms with E-state index in [2.05, 4.69) is 10.3 Å². The number of nitrogens with zero attached hydrogens (tertiary/aromatic N) is 1. The first-order valence-corrected chi connectivity index (χ1v) is 4.80. The molecule has 1 aromatic heterocycles. The van der Waals surface area contributed by atoms with Crippen LogP contribution in [0, 0.1) is 6.92 Å². The van der Waals surface area contributed by atoms with E-state index in [1.807, 2.05) is 13.1 Å². The minimum absolute atomic E-state index is 0.279. The number of rotatable bonds is 4. The van der Waals surface area contributed by atoms with Crippen molar-refractivity contribution in [2.45, 2.75) is 26.5 Å².